The van der Waals surface area contributed by atoms with Gasteiger partial charge in [0.05, 0.1) is 5.56 Å². The molecule has 0 aromatic heterocycles. The van der Waals surface area contributed by atoms with E-state index < -0.39 is 11.7 Å². The standard InChI is InChI=1S/C23H22F3N/c1-3-16-11-8-12-17(4-2)22(16)27-21-14-19(18-9-6-5-7-10-18)13-20(15-21)23(24,25)26/h5-15,27H,3-4H2,1-2H3. The largest absolute Gasteiger partial charge is 0.416 e. The van der Waals surface area contributed by atoms with Crippen molar-refractivity contribution in [2.75, 3.05) is 5.32 Å². The molecule has 0 aliphatic heterocycles. The van der Waals surface area contributed by atoms with Crippen LogP contribution in [0.5, 0.6) is 0 Å². The van der Waals surface area contributed by atoms with Gasteiger partial charge >= 0.3 is 6.18 Å². The van der Waals surface area contributed by atoms with Crippen molar-refractivity contribution in [2.24, 2.45) is 0 Å². The number of nitrogens with one attached hydrogen (secondary N) is 1. The van der Waals surface area contributed by atoms with E-state index in [0.29, 0.717) is 11.3 Å². The van der Waals surface area contributed by atoms with Crippen molar-refractivity contribution < 1.29 is 13.2 Å². The highest BCUT2D eigenvalue weighted by Crippen LogP contribution is 2.36. The number of para-hydroxylation sites is 1. The van der Waals surface area contributed by atoms with Gasteiger partial charge in [-0.2, -0.15) is 13.2 Å². The smallest absolute Gasteiger partial charge is 0.355 e. The summed E-state index contributed by atoms with van der Waals surface area (Å²) in [6, 6.07) is 19.3. The average molecular weight is 369 g/mol. The van der Waals surface area contributed by atoms with Gasteiger partial charge in [0.1, 0.15) is 0 Å². The quantitative estimate of drug-likeness (QED) is 0.500. The summed E-state index contributed by atoms with van der Waals surface area (Å²) >= 11 is 0. The van der Waals surface area contributed by atoms with Gasteiger partial charge in [-0.25, -0.2) is 0 Å². The van der Waals surface area contributed by atoms with Crippen molar-refractivity contribution in [3.63, 3.8) is 0 Å². The van der Waals surface area contributed by atoms with E-state index in [2.05, 4.69) is 5.32 Å². The maximum absolute atomic E-state index is 13.5. The number of rotatable bonds is 5. The zero-order valence-electron chi connectivity index (χ0n) is 15.4. The Labute approximate surface area is 157 Å². The lowest BCUT2D eigenvalue weighted by molar-refractivity contribution is -0.137. The molecule has 1 nitrogen and oxygen atoms in total. The van der Waals surface area contributed by atoms with Gasteiger partial charge in [-0.15, -0.1) is 0 Å². The Kier molecular flexibility index (Phi) is 5.54. The minimum atomic E-state index is -4.40. The van der Waals surface area contributed by atoms with E-state index in [9.17, 15) is 13.2 Å². The summed E-state index contributed by atoms with van der Waals surface area (Å²) < 4.78 is 40.4. The van der Waals surface area contributed by atoms with Crippen LogP contribution in [0.1, 0.15) is 30.5 Å². The first-order valence-electron chi connectivity index (χ1n) is 9.08. The lowest BCUT2D eigenvalue weighted by atomic mass is 10.00. The maximum atomic E-state index is 13.5. The first kappa shape index (κ1) is 19.0. The van der Waals surface area contributed by atoms with E-state index >= 15 is 0 Å². The second kappa shape index (κ2) is 7.87. The summed E-state index contributed by atoms with van der Waals surface area (Å²) in [4.78, 5) is 0. The summed E-state index contributed by atoms with van der Waals surface area (Å²) in [7, 11) is 0. The van der Waals surface area contributed by atoms with Gasteiger partial charge in [-0.1, -0.05) is 62.4 Å². The number of hydrogen-bond acceptors (Lipinski definition) is 1. The maximum Gasteiger partial charge on any atom is 0.416 e. The van der Waals surface area contributed by atoms with Gasteiger partial charge in [-0.05, 0) is 53.3 Å². The monoisotopic (exact) mass is 369 g/mol. The zero-order chi connectivity index (χ0) is 19.4. The van der Waals surface area contributed by atoms with E-state index in [0.717, 1.165) is 35.2 Å². The van der Waals surface area contributed by atoms with Gasteiger partial charge in [0, 0.05) is 11.4 Å². The van der Waals surface area contributed by atoms with Crippen LogP contribution in [0.25, 0.3) is 11.1 Å². The van der Waals surface area contributed by atoms with Crippen LogP contribution in [0.3, 0.4) is 0 Å². The number of hydrogen-bond donors (Lipinski definition) is 1. The second-order valence-electron chi connectivity index (χ2n) is 6.45. The Morgan fingerprint density at radius 3 is 1.93 bits per heavy atom. The molecule has 0 amide bonds. The molecule has 0 atom stereocenters. The van der Waals surface area contributed by atoms with E-state index in [1.165, 1.54) is 12.1 Å². The molecule has 1 N–H and O–H groups in total. The van der Waals surface area contributed by atoms with Crippen LogP contribution in [-0.2, 0) is 19.0 Å². The fraction of sp³-hybridized carbons (Fsp3) is 0.217. The van der Waals surface area contributed by atoms with E-state index in [1.54, 1.807) is 6.07 Å². The first-order chi connectivity index (χ1) is 12.9. The van der Waals surface area contributed by atoms with Crippen LogP contribution >= 0.6 is 0 Å². The Balaban J connectivity index is 2.11. The van der Waals surface area contributed by atoms with E-state index in [4.69, 9.17) is 0 Å². The van der Waals surface area contributed by atoms with Gasteiger partial charge in [-0.3, -0.25) is 0 Å². The molecular weight excluding hydrogens is 347 g/mol. The van der Waals surface area contributed by atoms with Crippen molar-refractivity contribution in [1.29, 1.82) is 0 Å². The van der Waals surface area contributed by atoms with Crippen LogP contribution in [0, 0.1) is 0 Å². The summed E-state index contributed by atoms with van der Waals surface area (Å²) in [5.41, 5.74) is 4.17. The molecule has 0 unspecified atom stereocenters. The molecule has 3 aromatic carbocycles. The number of benzene rings is 3. The number of aryl methyl sites for hydroxylation is 2. The molecule has 3 aromatic rings. The predicted octanol–water partition coefficient (Wildman–Crippen LogP) is 7.24. The summed E-state index contributed by atoms with van der Waals surface area (Å²) in [6.45, 7) is 4.09. The number of alkyl halides is 3. The van der Waals surface area contributed by atoms with Crippen molar-refractivity contribution in [3.05, 3.63) is 83.4 Å². The summed E-state index contributed by atoms with van der Waals surface area (Å²) in [6.07, 6.45) is -2.79. The Morgan fingerprint density at radius 1 is 0.741 bits per heavy atom. The molecule has 3 rings (SSSR count). The first-order valence-corrected chi connectivity index (χ1v) is 9.08. The van der Waals surface area contributed by atoms with Gasteiger partial charge in [0.25, 0.3) is 0 Å². The highest BCUT2D eigenvalue weighted by atomic mass is 19.4. The third kappa shape index (κ3) is 4.33. The lowest BCUT2D eigenvalue weighted by Gasteiger charge is -2.18. The molecule has 0 saturated heterocycles. The average Bonchev–Trinajstić information content (AvgIpc) is 2.68. The highest BCUT2D eigenvalue weighted by molar-refractivity contribution is 5.74. The van der Waals surface area contributed by atoms with Crippen LogP contribution in [0.4, 0.5) is 24.5 Å². The molecule has 0 saturated carbocycles. The third-order valence-electron chi connectivity index (χ3n) is 4.64. The molecule has 0 bridgehead atoms. The van der Waals surface area contributed by atoms with Crippen molar-refractivity contribution in [3.8, 4) is 11.1 Å². The molecule has 0 fully saturated rings. The van der Waals surface area contributed by atoms with Gasteiger partial charge in [0.15, 0.2) is 0 Å². The molecule has 0 aliphatic rings. The fourth-order valence-electron chi connectivity index (χ4n) is 3.21. The molecule has 27 heavy (non-hydrogen) atoms. The van der Waals surface area contributed by atoms with Gasteiger partial charge in [0.2, 0.25) is 0 Å². The van der Waals surface area contributed by atoms with Crippen LogP contribution in [0.15, 0.2) is 66.7 Å². The normalized spacial score (nSPS) is 11.4. The van der Waals surface area contributed by atoms with Gasteiger partial charge < -0.3 is 5.32 Å². The van der Waals surface area contributed by atoms with Crippen molar-refractivity contribution in [1.82, 2.24) is 0 Å². The lowest BCUT2D eigenvalue weighted by Crippen LogP contribution is -2.07. The van der Waals surface area contributed by atoms with E-state index in [1.807, 2.05) is 62.4 Å². The molecule has 140 valence electrons. The molecule has 0 aliphatic carbocycles. The topological polar surface area (TPSA) is 12.0 Å². The minimum Gasteiger partial charge on any atom is -0.355 e. The second-order valence-corrected chi connectivity index (χ2v) is 6.45. The molecule has 4 heteroatoms. The van der Waals surface area contributed by atoms with Crippen molar-refractivity contribution in [2.45, 2.75) is 32.9 Å². The van der Waals surface area contributed by atoms with Crippen LogP contribution in [0.2, 0.25) is 0 Å². The van der Waals surface area contributed by atoms with E-state index in [-0.39, 0.29) is 0 Å². The SMILES string of the molecule is CCc1cccc(CC)c1Nc1cc(-c2ccccc2)cc(C(F)(F)F)c1. The zero-order valence-corrected chi connectivity index (χ0v) is 15.4. The third-order valence-corrected chi connectivity index (χ3v) is 4.64. The fourth-order valence-corrected chi connectivity index (χ4v) is 3.21. The van der Waals surface area contributed by atoms with Crippen molar-refractivity contribution >= 4 is 11.4 Å². The Bertz CT molecular complexity index is 892. The minimum absolute atomic E-state index is 0.444. The molecule has 0 spiro atoms. The summed E-state index contributed by atoms with van der Waals surface area (Å²) in [5.74, 6) is 0. The Hall–Kier alpha value is -2.75. The summed E-state index contributed by atoms with van der Waals surface area (Å²) in [5, 5.41) is 3.27. The predicted molar refractivity (Wildman–Crippen MR) is 105 cm³/mol. The number of anilines is 2. The Morgan fingerprint density at radius 2 is 1.37 bits per heavy atom. The molecular formula is C23H22F3N. The molecule has 0 radical (unpaired) electrons. The highest BCUT2D eigenvalue weighted by Gasteiger charge is 2.31. The van der Waals surface area contributed by atoms with Crippen LogP contribution < -0.4 is 5.32 Å². The van der Waals surface area contributed by atoms with Crippen LogP contribution in [-0.4, -0.2) is 0 Å². The number of halogens is 3. The molecule has 0 heterocycles.